The lowest BCUT2D eigenvalue weighted by molar-refractivity contribution is -0.373. The maximum Gasteiger partial charge on any atom is 0.163 e. The largest absolute Gasteiger partial charge is 0.294 e. The summed E-state index contributed by atoms with van der Waals surface area (Å²) in [6, 6.07) is 7.90. The predicted molar refractivity (Wildman–Crippen MR) is 154 cm³/mol. The van der Waals surface area contributed by atoms with Gasteiger partial charge in [0.1, 0.15) is 10.7 Å². The van der Waals surface area contributed by atoms with Gasteiger partial charge in [0.15, 0.2) is 11.4 Å². The molecular formula is C33H44FNO3S. The lowest BCUT2D eigenvalue weighted by Gasteiger charge is -2.42. The maximum atomic E-state index is 15.9. The first-order valence-corrected chi connectivity index (χ1v) is 15.8. The van der Waals surface area contributed by atoms with E-state index in [1.165, 1.54) is 12.8 Å². The number of ketones is 1. The van der Waals surface area contributed by atoms with Crippen LogP contribution in [-0.4, -0.2) is 23.0 Å². The first-order chi connectivity index (χ1) is 18.7. The van der Waals surface area contributed by atoms with Gasteiger partial charge in [-0.1, -0.05) is 37.3 Å². The molecule has 212 valence electrons. The molecule has 3 atom stereocenters. The summed E-state index contributed by atoms with van der Waals surface area (Å²) in [5.74, 6) is 2.09. The van der Waals surface area contributed by atoms with E-state index in [1.807, 2.05) is 42.8 Å². The maximum absolute atomic E-state index is 15.9. The van der Waals surface area contributed by atoms with Crippen LogP contribution in [0.4, 0.5) is 4.39 Å². The molecule has 4 nitrogen and oxygen atoms in total. The van der Waals surface area contributed by atoms with Gasteiger partial charge in [-0.25, -0.2) is 19.1 Å². The molecular weight excluding hydrogens is 509 g/mol. The van der Waals surface area contributed by atoms with E-state index in [-0.39, 0.29) is 5.78 Å². The standard InChI is InChI=1S/C33H44FNO3S/c1-5-17-31(3,34)32(4,27-13-14-27)26-11-9-25(10-12-26)29(36)22-28(23-7-8-23)24-15-18-33(19-16-24,38-37-6-2)30-35-20-21-39-30/h5,9-12,20-21,23-24,27-28H,1,6-8,13-19,22H2,2-4H3/t24?,28?,31?,32-,33?/m0/s1. The molecule has 3 fully saturated rings. The van der Waals surface area contributed by atoms with Crippen LogP contribution in [0.3, 0.4) is 0 Å². The summed E-state index contributed by atoms with van der Waals surface area (Å²) in [6.45, 7) is 9.99. The Morgan fingerprint density at radius 2 is 1.82 bits per heavy atom. The number of nitrogens with zero attached hydrogens (tertiary/aromatic N) is 1. The first kappa shape index (κ1) is 28.6. The third-order valence-electron chi connectivity index (χ3n) is 10.1. The second-order valence-corrected chi connectivity index (χ2v) is 13.4. The van der Waals surface area contributed by atoms with Crippen LogP contribution in [0.5, 0.6) is 0 Å². The van der Waals surface area contributed by atoms with E-state index < -0.39 is 16.7 Å². The molecule has 0 aliphatic heterocycles. The topological polar surface area (TPSA) is 48.4 Å². The molecule has 1 heterocycles. The highest BCUT2D eigenvalue weighted by atomic mass is 32.1. The molecule has 0 bridgehead atoms. The SMILES string of the molecule is C=CCC(C)(F)[C@@](C)(c1ccc(C(=O)CC(C2CC2)C2CCC(OOCC)(c3nccs3)CC2)cc1)C1CC1. The molecule has 2 aromatic rings. The van der Waals surface area contributed by atoms with Gasteiger partial charge < -0.3 is 0 Å². The van der Waals surface area contributed by atoms with Crippen molar-refractivity contribution < 1.29 is 19.0 Å². The quantitative estimate of drug-likeness (QED) is 0.102. The van der Waals surface area contributed by atoms with E-state index in [0.29, 0.717) is 43.1 Å². The van der Waals surface area contributed by atoms with Gasteiger partial charge in [-0.15, -0.1) is 17.9 Å². The van der Waals surface area contributed by atoms with Gasteiger partial charge in [-0.05, 0) is 101 Å². The van der Waals surface area contributed by atoms with Crippen molar-refractivity contribution in [2.45, 2.75) is 102 Å². The summed E-state index contributed by atoms with van der Waals surface area (Å²) >= 11 is 1.63. The van der Waals surface area contributed by atoms with Crippen molar-refractivity contribution in [1.82, 2.24) is 4.98 Å². The van der Waals surface area contributed by atoms with Crippen LogP contribution in [-0.2, 0) is 20.8 Å². The van der Waals surface area contributed by atoms with E-state index >= 15 is 4.39 Å². The predicted octanol–water partition coefficient (Wildman–Crippen LogP) is 8.77. The number of Topliss-reactive ketones (excluding diaryl/α,β-unsaturated/α-hetero) is 1. The van der Waals surface area contributed by atoms with Crippen LogP contribution in [0, 0.1) is 23.7 Å². The van der Waals surface area contributed by atoms with Crippen molar-refractivity contribution in [3.05, 3.63) is 64.6 Å². The average molecular weight is 554 g/mol. The number of alkyl halides is 1. The van der Waals surface area contributed by atoms with E-state index in [0.717, 1.165) is 54.7 Å². The van der Waals surface area contributed by atoms with Crippen molar-refractivity contribution in [2.24, 2.45) is 23.7 Å². The lowest BCUT2D eigenvalue weighted by atomic mass is 9.65. The smallest absolute Gasteiger partial charge is 0.163 e. The molecule has 0 amide bonds. The number of aromatic nitrogens is 1. The third-order valence-corrected chi connectivity index (χ3v) is 11.0. The minimum absolute atomic E-state index is 0.211. The Morgan fingerprint density at radius 1 is 1.15 bits per heavy atom. The van der Waals surface area contributed by atoms with E-state index in [2.05, 4.69) is 18.5 Å². The van der Waals surface area contributed by atoms with Gasteiger partial charge >= 0.3 is 0 Å². The van der Waals surface area contributed by atoms with Crippen LogP contribution in [0.25, 0.3) is 0 Å². The monoisotopic (exact) mass is 553 g/mol. The molecule has 3 aliphatic rings. The Morgan fingerprint density at radius 3 is 2.36 bits per heavy atom. The lowest BCUT2D eigenvalue weighted by Crippen LogP contribution is -2.45. The number of carbonyl (C=O) groups is 1. The minimum Gasteiger partial charge on any atom is -0.294 e. The first-order valence-electron chi connectivity index (χ1n) is 14.9. The Bertz CT molecular complexity index is 1110. The summed E-state index contributed by atoms with van der Waals surface area (Å²) in [4.78, 5) is 29.5. The summed E-state index contributed by atoms with van der Waals surface area (Å²) in [5.41, 5.74) is -0.681. The van der Waals surface area contributed by atoms with Gasteiger partial charge in [-0.3, -0.25) is 4.79 Å². The molecule has 3 saturated carbocycles. The zero-order valence-corrected chi connectivity index (χ0v) is 24.6. The van der Waals surface area contributed by atoms with Gasteiger partial charge in [0.25, 0.3) is 0 Å². The van der Waals surface area contributed by atoms with E-state index in [9.17, 15) is 4.79 Å². The normalized spacial score (nSPS) is 27.3. The molecule has 1 aromatic carbocycles. The van der Waals surface area contributed by atoms with Gasteiger partial charge in [0.05, 0.1) is 6.61 Å². The second-order valence-electron chi connectivity index (χ2n) is 12.5. The van der Waals surface area contributed by atoms with E-state index in [1.54, 1.807) is 24.3 Å². The number of hydrogen-bond donors (Lipinski definition) is 0. The van der Waals surface area contributed by atoms with Crippen LogP contribution in [0.1, 0.15) is 106 Å². The van der Waals surface area contributed by atoms with Gasteiger partial charge in [-0.2, -0.15) is 0 Å². The summed E-state index contributed by atoms with van der Waals surface area (Å²) in [5, 5.41) is 2.99. The third kappa shape index (κ3) is 5.80. The summed E-state index contributed by atoms with van der Waals surface area (Å²) in [6.07, 6.45) is 12.7. The average Bonchev–Trinajstić information content (AvgIpc) is 3.89. The fraction of sp³-hybridized carbons (Fsp3) is 0.636. The Kier molecular flexibility index (Phi) is 8.47. The summed E-state index contributed by atoms with van der Waals surface area (Å²) in [7, 11) is 0. The molecule has 0 saturated heterocycles. The molecule has 3 aliphatic carbocycles. The van der Waals surface area contributed by atoms with Crippen LogP contribution >= 0.6 is 11.3 Å². The molecule has 1 aromatic heterocycles. The number of hydrogen-bond acceptors (Lipinski definition) is 5. The molecule has 6 heteroatoms. The van der Waals surface area contributed by atoms with E-state index in [4.69, 9.17) is 9.78 Å². The number of benzene rings is 1. The molecule has 2 unspecified atom stereocenters. The number of rotatable bonds is 14. The second kappa shape index (κ2) is 11.5. The van der Waals surface area contributed by atoms with Gasteiger partial charge in [0, 0.05) is 29.0 Å². The highest BCUT2D eigenvalue weighted by Crippen LogP contribution is 2.56. The highest BCUT2D eigenvalue weighted by Gasteiger charge is 2.54. The molecule has 0 N–H and O–H groups in total. The summed E-state index contributed by atoms with van der Waals surface area (Å²) < 4.78 is 15.9. The molecule has 0 spiro atoms. The number of thiazole rings is 1. The van der Waals surface area contributed by atoms with Crippen molar-refractivity contribution in [1.29, 1.82) is 0 Å². The van der Waals surface area contributed by atoms with Crippen LogP contribution in [0.15, 0.2) is 48.5 Å². The molecule has 0 radical (unpaired) electrons. The number of carbonyl (C=O) groups excluding carboxylic acids is 1. The zero-order chi connectivity index (χ0) is 27.7. The fourth-order valence-electron chi connectivity index (χ4n) is 7.17. The fourth-order valence-corrected chi connectivity index (χ4v) is 8.00. The Labute approximate surface area is 237 Å². The molecule has 5 rings (SSSR count). The van der Waals surface area contributed by atoms with Gasteiger partial charge in [0.2, 0.25) is 0 Å². The highest BCUT2D eigenvalue weighted by molar-refractivity contribution is 7.09. The van der Waals surface area contributed by atoms with Crippen molar-refractivity contribution in [3.63, 3.8) is 0 Å². The van der Waals surface area contributed by atoms with Crippen molar-refractivity contribution in [2.75, 3.05) is 6.61 Å². The Balaban J connectivity index is 1.27. The zero-order valence-electron chi connectivity index (χ0n) is 23.8. The number of halogens is 1. The van der Waals surface area contributed by atoms with Crippen LogP contribution < -0.4 is 0 Å². The van der Waals surface area contributed by atoms with Crippen molar-refractivity contribution in [3.8, 4) is 0 Å². The van der Waals surface area contributed by atoms with Crippen molar-refractivity contribution >= 4 is 17.1 Å². The van der Waals surface area contributed by atoms with Crippen LogP contribution in [0.2, 0.25) is 0 Å². The minimum atomic E-state index is -1.38. The number of allylic oxidation sites excluding steroid dienone is 1. The Hall–Kier alpha value is -1.89. The molecule has 39 heavy (non-hydrogen) atoms.